The van der Waals surface area contributed by atoms with Gasteiger partial charge in [-0.25, -0.2) is 22.9 Å². The van der Waals surface area contributed by atoms with Gasteiger partial charge in [0.15, 0.2) is 11.3 Å². The molecule has 3 aromatic heterocycles. The molecule has 0 atom stereocenters. The Morgan fingerprint density at radius 3 is 2.83 bits per heavy atom. The maximum atomic E-state index is 12.3. The molecule has 1 fully saturated rings. The van der Waals surface area contributed by atoms with Crippen LogP contribution in [0.5, 0.6) is 0 Å². The summed E-state index contributed by atoms with van der Waals surface area (Å²) in [6.45, 7) is 0.326. The first kappa shape index (κ1) is 19.9. The summed E-state index contributed by atoms with van der Waals surface area (Å²) >= 11 is 0. The lowest BCUT2D eigenvalue weighted by Crippen LogP contribution is -2.24. The van der Waals surface area contributed by atoms with Crippen molar-refractivity contribution < 1.29 is 23.0 Å². The van der Waals surface area contributed by atoms with Gasteiger partial charge in [-0.2, -0.15) is 5.10 Å². The van der Waals surface area contributed by atoms with Crippen LogP contribution in [0.2, 0.25) is 0 Å². The van der Waals surface area contributed by atoms with Crippen molar-refractivity contribution in [3.05, 3.63) is 41.1 Å². The summed E-state index contributed by atoms with van der Waals surface area (Å²) in [6, 6.07) is 1.72. The highest BCUT2D eigenvalue weighted by Crippen LogP contribution is 2.40. The lowest BCUT2D eigenvalue weighted by molar-refractivity contribution is -0.122. The van der Waals surface area contributed by atoms with Crippen molar-refractivity contribution in [3.8, 4) is 0 Å². The Morgan fingerprint density at radius 1 is 1.23 bits per heavy atom. The molecule has 2 amide bonds. The van der Waals surface area contributed by atoms with Gasteiger partial charge >= 0.3 is 0 Å². The average Bonchev–Trinajstić information content (AvgIpc) is 3.30. The molecule has 0 saturated heterocycles. The molecule has 1 aliphatic carbocycles. The van der Waals surface area contributed by atoms with Gasteiger partial charge in [0.25, 0.3) is 5.91 Å². The zero-order valence-corrected chi connectivity index (χ0v) is 15.8. The van der Waals surface area contributed by atoms with E-state index in [0.717, 1.165) is 12.8 Å². The normalized spacial score (nSPS) is 13.7. The van der Waals surface area contributed by atoms with Crippen LogP contribution >= 0.6 is 0 Å². The zero-order chi connectivity index (χ0) is 21.1. The molecule has 0 bridgehead atoms. The monoisotopic (exact) mass is 419 g/mol. The first-order chi connectivity index (χ1) is 14.5. The van der Waals surface area contributed by atoms with Crippen LogP contribution in [0.1, 0.15) is 59.0 Å². The number of imidazole rings is 1. The number of hydrogen-bond donors (Lipinski definition) is 2. The topological polar surface area (TPSA) is 127 Å². The highest BCUT2D eigenvalue weighted by Gasteiger charge is 2.33. The van der Waals surface area contributed by atoms with Crippen molar-refractivity contribution in [2.75, 3.05) is 0 Å². The average molecular weight is 419 g/mol. The van der Waals surface area contributed by atoms with Crippen LogP contribution in [-0.4, -0.2) is 43.2 Å². The summed E-state index contributed by atoms with van der Waals surface area (Å²) in [5, 5.41) is 17.0. The van der Waals surface area contributed by atoms with E-state index in [2.05, 4.69) is 31.0 Å². The van der Waals surface area contributed by atoms with E-state index in [4.69, 9.17) is 4.63 Å². The van der Waals surface area contributed by atoms with Crippen molar-refractivity contribution in [1.82, 2.24) is 35.5 Å². The van der Waals surface area contributed by atoms with Gasteiger partial charge in [-0.15, -0.1) is 0 Å². The van der Waals surface area contributed by atoms with Crippen LogP contribution in [0.4, 0.5) is 8.78 Å². The molecule has 1 aliphatic rings. The maximum absolute atomic E-state index is 12.3. The summed E-state index contributed by atoms with van der Waals surface area (Å²) < 4.78 is 30.5. The van der Waals surface area contributed by atoms with E-state index in [0.29, 0.717) is 22.6 Å². The Balaban J connectivity index is 1.33. The third-order valence-electron chi connectivity index (χ3n) is 4.63. The van der Waals surface area contributed by atoms with Crippen molar-refractivity contribution in [2.24, 2.45) is 0 Å². The Hall–Kier alpha value is -3.44. The molecule has 1 saturated carbocycles. The quantitative estimate of drug-likeness (QED) is 0.539. The van der Waals surface area contributed by atoms with Gasteiger partial charge in [0.2, 0.25) is 12.3 Å². The van der Waals surface area contributed by atoms with Crippen LogP contribution < -0.4 is 10.6 Å². The van der Waals surface area contributed by atoms with Gasteiger partial charge in [-0.05, 0) is 29.6 Å². The number of amides is 2. The summed E-state index contributed by atoms with van der Waals surface area (Å²) in [6.07, 6.45) is 1.97. The second-order valence-electron chi connectivity index (χ2n) is 7.06. The van der Waals surface area contributed by atoms with Crippen molar-refractivity contribution in [2.45, 2.75) is 51.1 Å². The fourth-order valence-electron chi connectivity index (χ4n) is 2.91. The number of aromatic nitrogens is 5. The number of alkyl halides is 2. The van der Waals surface area contributed by atoms with Crippen molar-refractivity contribution in [1.29, 1.82) is 0 Å². The molecule has 158 valence electrons. The van der Waals surface area contributed by atoms with Crippen LogP contribution in [0.25, 0.3) is 5.65 Å². The second kappa shape index (κ2) is 8.51. The molecule has 2 N–H and O–H groups in total. The van der Waals surface area contributed by atoms with E-state index in [9.17, 15) is 18.4 Å². The van der Waals surface area contributed by atoms with E-state index in [1.807, 2.05) is 0 Å². The summed E-state index contributed by atoms with van der Waals surface area (Å²) in [5.41, 5.74) is 2.57. The van der Waals surface area contributed by atoms with Crippen molar-refractivity contribution in [3.63, 3.8) is 0 Å². The molecule has 10 nitrogen and oxygen atoms in total. The molecule has 4 rings (SSSR count). The molecule has 0 aliphatic heterocycles. The minimum atomic E-state index is -2.50. The van der Waals surface area contributed by atoms with E-state index in [1.165, 1.54) is 4.52 Å². The van der Waals surface area contributed by atoms with E-state index < -0.39 is 18.8 Å². The highest BCUT2D eigenvalue weighted by molar-refractivity contribution is 5.93. The SMILES string of the molecule is O=C(CCC(F)F)NCc1cnn2cc(CNC(=O)c3nonc3C3CC3)nc2c1. The van der Waals surface area contributed by atoms with Crippen LogP contribution in [0.3, 0.4) is 0 Å². The number of hydrogen-bond acceptors (Lipinski definition) is 7. The second-order valence-corrected chi connectivity index (χ2v) is 7.06. The van der Waals surface area contributed by atoms with Gasteiger partial charge in [-0.3, -0.25) is 9.59 Å². The zero-order valence-electron chi connectivity index (χ0n) is 15.8. The molecular weight excluding hydrogens is 400 g/mol. The van der Waals surface area contributed by atoms with E-state index in [1.54, 1.807) is 18.5 Å². The van der Waals surface area contributed by atoms with Gasteiger partial charge < -0.3 is 10.6 Å². The number of halogens is 2. The van der Waals surface area contributed by atoms with Crippen LogP contribution in [0.15, 0.2) is 23.1 Å². The standard InChI is InChI=1S/C18H19F2N7O3/c19-13(20)3-4-15(28)21-6-10-5-14-24-12(9-27(14)23-7-10)8-22-18(29)17-16(11-1-2-11)25-30-26-17/h5,7,9,11,13H,1-4,6,8H2,(H,21,28)(H,22,29). The highest BCUT2D eigenvalue weighted by atomic mass is 19.3. The largest absolute Gasteiger partial charge is 0.352 e. The third-order valence-corrected chi connectivity index (χ3v) is 4.63. The molecule has 0 aromatic carbocycles. The number of carbonyl (C=O) groups excluding carboxylic acids is 2. The molecule has 12 heteroatoms. The summed E-state index contributed by atoms with van der Waals surface area (Å²) in [4.78, 5) is 28.3. The fourth-order valence-corrected chi connectivity index (χ4v) is 2.91. The van der Waals surface area contributed by atoms with Gasteiger partial charge in [0.05, 0.1) is 24.6 Å². The predicted octanol–water partition coefficient (Wildman–Crippen LogP) is 1.58. The third kappa shape index (κ3) is 4.75. The lowest BCUT2D eigenvalue weighted by Gasteiger charge is -2.05. The molecule has 3 aromatic rings. The Kier molecular flexibility index (Phi) is 5.63. The fraction of sp³-hybridized carbons (Fsp3) is 0.444. The number of nitrogens with zero attached hydrogens (tertiary/aromatic N) is 5. The van der Waals surface area contributed by atoms with Gasteiger partial charge in [0, 0.05) is 25.3 Å². The maximum Gasteiger partial charge on any atom is 0.275 e. The van der Waals surface area contributed by atoms with Gasteiger partial charge in [0.1, 0.15) is 5.69 Å². The molecular formula is C18H19F2N7O3. The van der Waals surface area contributed by atoms with Crippen LogP contribution in [0, 0.1) is 0 Å². The summed E-state index contributed by atoms with van der Waals surface area (Å²) in [5.74, 6) is -0.587. The first-order valence-corrected chi connectivity index (χ1v) is 9.48. The van der Waals surface area contributed by atoms with Crippen molar-refractivity contribution >= 4 is 17.5 Å². The lowest BCUT2D eigenvalue weighted by atomic mass is 10.2. The van der Waals surface area contributed by atoms with E-state index >= 15 is 0 Å². The first-order valence-electron chi connectivity index (χ1n) is 9.48. The Bertz CT molecular complexity index is 1060. The minimum Gasteiger partial charge on any atom is -0.352 e. The number of rotatable bonds is 9. The Labute approximate surface area is 169 Å². The number of fused-ring (bicyclic) bond motifs is 1. The molecule has 3 heterocycles. The van der Waals surface area contributed by atoms with Crippen LogP contribution in [-0.2, 0) is 17.9 Å². The molecule has 0 spiro atoms. The predicted molar refractivity (Wildman–Crippen MR) is 97.5 cm³/mol. The van der Waals surface area contributed by atoms with Gasteiger partial charge in [-0.1, -0.05) is 5.16 Å². The number of nitrogens with one attached hydrogen (secondary N) is 2. The van der Waals surface area contributed by atoms with E-state index in [-0.39, 0.29) is 37.0 Å². The smallest absolute Gasteiger partial charge is 0.275 e. The summed E-state index contributed by atoms with van der Waals surface area (Å²) in [7, 11) is 0. The molecule has 30 heavy (non-hydrogen) atoms. The Morgan fingerprint density at radius 2 is 2.07 bits per heavy atom. The minimum absolute atomic E-state index is 0.160. The number of carbonyl (C=O) groups is 2. The molecule has 0 unspecified atom stereocenters. The molecule has 0 radical (unpaired) electrons.